The molecule has 6 nitrogen and oxygen atoms in total. The first-order valence-corrected chi connectivity index (χ1v) is 11.3. The van der Waals surface area contributed by atoms with E-state index in [4.69, 9.17) is 10.5 Å². The van der Waals surface area contributed by atoms with E-state index in [9.17, 15) is 4.79 Å². The second-order valence-electron chi connectivity index (χ2n) is 9.67. The molecule has 1 fully saturated rings. The van der Waals surface area contributed by atoms with E-state index in [0.29, 0.717) is 0 Å². The number of hydrogen-bond donors (Lipinski definition) is 2. The molecule has 1 saturated heterocycles. The van der Waals surface area contributed by atoms with Crippen LogP contribution in [0.3, 0.4) is 0 Å². The lowest BCUT2D eigenvalue weighted by molar-refractivity contribution is 0.139. The van der Waals surface area contributed by atoms with Crippen LogP contribution in [-0.4, -0.2) is 34.1 Å². The Morgan fingerprint density at radius 2 is 1.87 bits per heavy atom. The first-order valence-electron chi connectivity index (χ1n) is 11.3. The molecule has 5 rings (SSSR count). The number of likely N-dealkylation sites (tertiary alicyclic amines) is 1. The van der Waals surface area contributed by atoms with Crippen LogP contribution < -0.4 is 11.4 Å². The van der Waals surface area contributed by atoms with Crippen molar-refractivity contribution in [2.24, 2.45) is 11.1 Å². The number of piperidine rings is 1. The molecule has 3 N–H and O–H groups in total. The standard InChI is InChI=1S/C25H32N4O2/c1-15-16(2)31-17(3)19-13-25(4,23(26)22(15)19)14-28-11-9-18(10-12-28)29-21-8-6-5-7-20(21)27-24(29)30/h5-8,18H,9-14,26H2,1-4H3,(H,27,30). The summed E-state index contributed by atoms with van der Waals surface area (Å²) < 4.78 is 7.92. The number of nitrogens with one attached hydrogen (secondary N) is 1. The Morgan fingerprint density at radius 3 is 2.61 bits per heavy atom. The van der Waals surface area contributed by atoms with Crippen molar-refractivity contribution in [1.29, 1.82) is 0 Å². The molecule has 0 bridgehead atoms. The second kappa shape index (κ2) is 7.16. The van der Waals surface area contributed by atoms with Gasteiger partial charge in [-0.15, -0.1) is 0 Å². The summed E-state index contributed by atoms with van der Waals surface area (Å²) >= 11 is 0. The third kappa shape index (κ3) is 3.16. The van der Waals surface area contributed by atoms with Gasteiger partial charge >= 0.3 is 5.69 Å². The zero-order valence-electron chi connectivity index (χ0n) is 18.9. The van der Waals surface area contributed by atoms with Gasteiger partial charge in [0.2, 0.25) is 0 Å². The second-order valence-corrected chi connectivity index (χ2v) is 9.67. The Kier molecular flexibility index (Phi) is 4.66. The lowest BCUT2D eigenvalue weighted by Gasteiger charge is -2.38. The zero-order chi connectivity index (χ0) is 21.9. The van der Waals surface area contributed by atoms with Gasteiger partial charge in [0.25, 0.3) is 0 Å². The number of allylic oxidation sites excluding steroid dienone is 5. The van der Waals surface area contributed by atoms with Crippen molar-refractivity contribution in [2.45, 2.75) is 53.0 Å². The van der Waals surface area contributed by atoms with Crippen molar-refractivity contribution in [1.82, 2.24) is 14.5 Å². The van der Waals surface area contributed by atoms with Crippen LogP contribution in [0.4, 0.5) is 0 Å². The summed E-state index contributed by atoms with van der Waals surface area (Å²) in [6, 6.07) is 8.20. The minimum Gasteiger partial charge on any atom is -0.466 e. The number of para-hydroxylation sites is 2. The summed E-state index contributed by atoms with van der Waals surface area (Å²) in [5.74, 6) is 1.94. The number of nitrogens with two attached hydrogens (primary N) is 1. The number of aromatic nitrogens is 2. The Balaban J connectivity index is 1.33. The quantitative estimate of drug-likeness (QED) is 0.781. The fraction of sp³-hybridized carbons (Fsp3) is 0.480. The fourth-order valence-corrected chi connectivity index (χ4v) is 5.72. The Hall–Kier alpha value is -2.73. The van der Waals surface area contributed by atoms with Crippen LogP contribution in [0.15, 0.2) is 63.0 Å². The Morgan fingerprint density at radius 1 is 1.16 bits per heavy atom. The summed E-state index contributed by atoms with van der Waals surface area (Å²) in [5, 5.41) is 0. The molecule has 1 aromatic carbocycles. The molecule has 31 heavy (non-hydrogen) atoms. The predicted molar refractivity (Wildman–Crippen MR) is 123 cm³/mol. The number of benzene rings is 1. The molecule has 3 heterocycles. The summed E-state index contributed by atoms with van der Waals surface area (Å²) in [5.41, 5.74) is 13.2. The van der Waals surface area contributed by atoms with Crippen LogP contribution in [0.25, 0.3) is 11.0 Å². The third-order valence-corrected chi connectivity index (χ3v) is 7.54. The maximum absolute atomic E-state index is 12.6. The lowest BCUT2D eigenvalue weighted by Crippen LogP contribution is -2.43. The fourth-order valence-electron chi connectivity index (χ4n) is 5.72. The number of hydrogen-bond acceptors (Lipinski definition) is 4. The van der Waals surface area contributed by atoms with E-state index < -0.39 is 0 Å². The molecule has 1 atom stereocenters. The third-order valence-electron chi connectivity index (χ3n) is 7.54. The number of imidazole rings is 1. The molecule has 0 saturated carbocycles. The molecule has 1 aromatic heterocycles. The minimum atomic E-state index is -0.0916. The average molecular weight is 421 g/mol. The maximum Gasteiger partial charge on any atom is 0.326 e. The van der Waals surface area contributed by atoms with Crippen molar-refractivity contribution in [3.05, 3.63) is 68.7 Å². The molecule has 0 radical (unpaired) electrons. The Labute approximate surface area is 183 Å². The largest absolute Gasteiger partial charge is 0.466 e. The van der Waals surface area contributed by atoms with Gasteiger partial charge in [-0.1, -0.05) is 19.1 Å². The van der Waals surface area contributed by atoms with E-state index in [1.54, 1.807) is 0 Å². The SMILES string of the molecule is CC1=C(C)C2=C(N)C(C)(CN3CCC(n4c(=O)[nH]c5ccccc54)CC3)CC2=C(C)O1. The molecule has 0 amide bonds. The number of H-pyrrole nitrogens is 1. The van der Waals surface area contributed by atoms with Crippen molar-refractivity contribution in [2.75, 3.05) is 19.6 Å². The summed E-state index contributed by atoms with van der Waals surface area (Å²) in [6.45, 7) is 11.3. The van der Waals surface area contributed by atoms with E-state index in [-0.39, 0.29) is 17.1 Å². The zero-order valence-corrected chi connectivity index (χ0v) is 18.9. The number of ether oxygens (including phenoxy) is 1. The smallest absolute Gasteiger partial charge is 0.326 e. The highest BCUT2D eigenvalue weighted by atomic mass is 16.5. The first kappa shape index (κ1) is 20.2. The lowest BCUT2D eigenvalue weighted by atomic mass is 9.85. The molecule has 0 spiro atoms. The highest BCUT2D eigenvalue weighted by Crippen LogP contribution is 2.50. The van der Waals surface area contributed by atoms with Crippen LogP contribution in [0.2, 0.25) is 0 Å². The summed E-state index contributed by atoms with van der Waals surface area (Å²) in [6.07, 6.45) is 2.86. The molecule has 2 aromatic rings. The van der Waals surface area contributed by atoms with E-state index in [1.165, 1.54) is 16.7 Å². The van der Waals surface area contributed by atoms with E-state index in [0.717, 1.165) is 67.1 Å². The highest BCUT2D eigenvalue weighted by molar-refractivity contribution is 5.75. The Bertz CT molecular complexity index is 1200. The van der Waals surface area contributed by atoms with Crippen LogP contribution in [0.1, 0.15) is 53.0 Å². The van der Waals surface area contributed by atoms with Crippen molar-refractivity contribution in [3.63, 3.8) is 0 Å². The molecular formula is C25H32N4O2. The molecule has 2 aliphatic heterocycles. The van der Waals surface area contributed by atoms with Gasteiger partial charge in [0.1, 0.15) is 11.5 Å². The van der Waals surface area contributed by atoms with Gasteiger partial charge in [-0.05, 0) is 57.7 Å². The van der Waals surface area contributed by atoms with Crippen LogP contribution in [0, 0.1) is 5.41 Å². The van der Waals surface area contributed by atoms with Gasteiger partial charge in [-0.2, -0.15) is 0 Å². The van der Waals surface area contributed by atoms with Crippen LogP contribution in [0.5, 0.6) is 0 Å². The number of fused-ring (bicyclic) bond motifs is 2. The minimum absolute atomic E-state index is 0.000465. The topological polar surface area (TPSA) is 76.3 Å². The first-order chi connectivity index (χ1) is 14.8. The van der Waals surface area contributed by atoms with Crippen LogP contribution >= 0.6 is 0 Å². The molecule has 1 aliphatic carbocycles. The highest BCUT2D eigenvalue weighted by Gasteiger charge is 2.43. The van der Waals surface area contributed by atoms with Crippen LogP contribution in [-0.2, 0) is 4.74 Å². The number of nitrogens with zero attached hydrogens (tertiary/aromatic N) is 2. The normalized spacial score (nSPS) is 25.5. The van der Waals surface area contributed by atoms with Gasteiger partial charge in [0.15, 0.2) is 0 Å². The van der Waals surface area contributed by atoms with Gasteiger partial charge in [-0.3, -0.25) is 4.57 Å². The van der Waals surface area contributed by atoms with E-state index in [1.807, 2.05) is 35.8 Å². The number of rotatable bonds is 3. The van der Waals surface area contributed by atoms with Gasteiger partial charge in [0, 0.05) is 47.9 Å². The average Bonchev–Trinajstić information content (AvgIpc) is 3.21. The molecule has 1 unspecified atom stereocenters. The van der Waals surface area contributed by atoms with Crippen molar-refractivity contribution in [3.8, 4) is 0 Å². The van der Waals surface area contributed by atoms with Gasteiger partial charge < -0.3 is 20.4 Å². The number of aromatic amines is 1. The molecule has 6 heteroatoms. The van der Waals surface area contributed by atoms with E-state index >= 15 is 0 Å². The van der Waals surface area contributed by atoms with Crippen molar-refractivity contribution < 1.29 is 4.74 Å². The predicted octanol–water partition coefficient (Wildman–Crippen LogP) is 4.19. The monoisotopic (exact) mass is 420 g/mol. The summed E-state index contributed by atoms with van der Waals surface area (Å²) in [4.78, 5) is 18.1. The molecule has 3 aliphatic rings. The summed E-state index contributed by atoms with van der Waals surface area (Å²) in [7, 11) is 0. The van der Waals surface area contributed by atoms with Crippen molar-refractivity contribution >= 4 is 11.0 Å². The van der Waals surface area contributed by atoms with Gasteiger partial charge in [0.05, 0.1) is 11.0 Å². The molecule has 164 valence electrons. The molecular weight excluding hydrogens is 388 g/mol. The maximum atomic E-state index is 12.6. The van der Waals surface area contributed by atoms with E-state index in [2.05, 4.69) is 30.7 Å². The van der Waals surface area contributed by atoms with Gasteiger partial charge in [-0.25, -0.2) is 4.79 Å².